The molecule has 136 valence electrons. The molecule has 6 heteroatoms. The van der Waals surface area contributed by atoms with Gasteiger partial charge in [0.2, 0.25) is 5.88 Å². The number of nitrogens with zero attached hydrogens (tertiary/aromatic N) is 3. The van der Waals surface area contributed by atoms with E-state index in [1.165, 1.54) is 12.8 Å². The zero-order valence-corrected chi connectivity index (χ0v) is 15.1. The molecule has 0 radical (unpaired) electrons. The van der Waals surface area contributed by atoms with Gasteiger partial charge in [-0.1, -0.05) is 18.2 Å². The molecule has 2 N–H and O–H groups in total. The molecule has 2 heterocycles. The lowest BCUT2D eigenvalue weighted by Crippen LogP contribution is -2.36. The Labute approximate surface area is 149 Å². The molecule has 0 unspecified atom stereocenters. The normalized spacial score (nSPS) is 16.3. The average molecular weight is 344 g/mol. The molecule has 0 spiro atoms. The van der Waals surface area contributed by atoms with Crippen LogP contribution in [-0.4, -0.2) is 52.1 Å². The number of hydrogen-bond donors (Lipinski definition) is 2. The first-order chi connectivity index (χ1) is 12.1. The number of nitrogens with one attached hydrogen (secondary N) is 1. The monoisotopic (exact) mass is 344 g/mol. The van der Waals surface area contributed by atoms with Crippen molar-refractivity contribution in [3.8, 4) is 11.6 Å². The summed E-state index contributed by atoms with van der Waals surface area (Å²) in [7, 11) is 1.89. The van der Waals surface area contributed by atoms with Crippen molar-refractivity contribution in [2.75, 3.05) is 26.2 Å². The van der Waals surface area contributed by atoms with Crippen LogP contribution in [0.4, 0.5) is 0 Å². The second kappa shape index (κ2) is 8.47. The highest BCUT2D eigenvalue weighted by molar-refractivity contribution is 5.35. The number of hydrogen-bond acceptors (Lipinski definition) is 5. The number of β-amino-alcohol motifs (C(OH)–C–C–N with tert-alkyl or cyclic N) is 1. The van der Waals surface area contributed by atoms with E-state index in [2.05, 4.69) is 15.3 Å². The van der Waals surface area contributed by atoms with Gasteiger partial charge < -0.3 is 20.1 Å². The van der Waals surface area contributed by atoms with Crippen molar-refractivity contribution < 1.29 is 9.84 Å². The van der Waals surface area contributed by atoms with Crippen LogP contribution in [-0.2, 0) is 13.6 Å². The Morgan fingerprint density at radius 3 is 2.68 bits per heavy atom. The van der Waals surface area contributed by atoms with Gasteiger partial charge in [0, 0.05) is 26.7 Å². The molecule has 1 aliphatic rings. The molecule has 0 saturated carbocycles. The standard InChI is InChI=1S/C19H28N4O2/c1-15-18(13-20-12-16(24)14-23-10-6-7-11-23)19(22(2)21-15)25-17-8-4-3-5-9-17/h3-5,8-9,16,20,24H,6-7,10-14H2,1-2H3/t16-/m1/s1. The highest BCUT2D eigenvalue weighted by atomic mass is 16.5. The van der Waals surface area contributed by atoms with Crippen LogP contribution in [0.25, 0.3) is 0 Å². The Morgan fingerprint density at radius 1 is 1.24 bits per heavy atom. The van der Waals surface area contributed by atoms with Crippen molar-refractivity contribution in [2.45, 2.75) is 32.4 Å². The van der Waals surface area contributed by atoms with Crippen molar-refractivity contribution in [1.29, 1.82) is 0 Å². The number of aryl methyl sites for hydroxylation is 2. The smallest absolute Gasteiger partial charge is 0.222 e. The zero-order valence-electron chi connectivity index (χ0n) is 15.1. The largest absolute Gasteiger partial charge is 0.439 e. The van der Waals surface area contributed by atoms with E-state index in [-0.39, 0.29) is 6.10 Å². The molecule has 1 aromatic carbocycles. The fraction of sp³-hybridized carbons (Fsp3) is 0.526. The van der Waals surface area contributed by atoms with Crippen LogP contribution in [0.3, 0.4) is 0 Å². The lowest BCUT2D eigenvalue weighted by Gasteiger charge is -2.19. The molecule has 1 atom stereocenters. The summed E-state index contributed by atoms with van der Waals surface area (Å²) >= 11 is 0. The molecule has 6 nitrogen and oxygen atoms in total. The Balaban J connectivity index is 1.56. The van der Waals surface area contributed by atoms with E-state index in [0.717, 1.165) is 42.5 Å². The Kier molecular flexibility index (Phi) is 6.07. The minimum Gasteiger partial charge on any atom is -0.439 e. The molecule has 1 saturated heterocycles. The summed E-state index contributed by atoms with van der Waals surface area (Å²) in [5, 5.41) is 18.0. The van der Waals surface area contributed by atoms with E-state index in [1.54, 1.807) is 4.68 Å². The van der Waals surface area contributed by atoms with E-state index in [0.29, 0.717) is 13.1 Å². The first-order valence-electron chi connectivity index (χ1n) is 9.00. The number of likely N-dealkylation sites (tertiary alicyclic amines) is 1. The van der Waals surface area contributed by atoms with Crippen LogP contribution in [0.5, 0.6) is 11.6 Å². The van der Waals surface area contributed by atoms with Gasteiger partial charge in [-0.2, -0.15) is 5.10 Å². The molecule has 0 amide bonds. The third kappa shape index (κ3) is 4.81. The van der Waals surface area contributed by atoms with E-state index in [9.17, 15) is 5.11 Å². The topological polar surface area (TPSA) is 62.6 Å². The Morgan fingerprint density at radius 2 is 1.96 bits per heavy atom. The second-order valence-corrected chi connectivity index (χ2v) is 6.70. The first kappa shape index (κ1) is 17.9. The molecule has 1 aromatic heterocycles. The summed E-state index contributed by atoms with van der Waals surface area (Å²) in [6.07, 6.45) is 2.14. The van der Waals surface area contributed by atoms with Crippen molar-refractivity contribution in [3.63, 3.8) is 0 Å². The summed E-state index contributed by atoms with van der Waals surface area (Å²) in [6.45, 7) is 6.12. The van der Waals surface area contributed by atoms with Crippen LogP contribution in [0, 0.1) is 6.92 Å². The van der Waals surface area contributed by atoms with Gasteiger partial charge in [-0.05, 0) is 45.0 Å². The van der Waals surface area contributed by atoms with E-state index in [4.69, 9.17) is 4.74 Å². The highest BCUT2D eigenvalue weighted by Crippen LogP contribution is 2.26. The number of aliphatic hydroxyl groups excluding tert-OH is 1. The van der Waals surface area contributed by atoms with Crippen molar-refractivity contribution in [2.24, 2.45) is 7.05 Å². The molecular weight excluding hydrogens is 316 g/mol. The van der Waals surface area contributed by atoms with Crippen LogP contribution in [0.2, 0.25) is 0 Å². The third-order valence-corrected chi connectivity index (χ3v) is 4.60. The fourth-order valence-corrected chi connectivity index (χ4v) is 3.30. The summed E-state index contributed by atoms with van der Waals surface area (Å²) in [5.41, 5.74) is 1.97. The maximum atomic E-state index is 10.2. The number of rotatable bonds is 8. The molecule has 3 rings (SSSR count). The molecule has 2 aromatic rings. The molecule has 25 heavy (non-hydrogen) atoms. The predicted molar refractivity (Wildman–Crippen MR) is 97.8 cm³/mol. The van der Waals surface area contributed by atoms with Gasteiger partial charge >= 0.3 is 0 Å². The maximum absolute atomic E-state index is 10.2. The van der Waals surface area contributed by atoms with E-state index in [1.807, 2.05) is 44.3 Å². The van der Waals surface area contributed by atoms with Crippen LogP contribution < -0.4 is 10.1 Å². The van der Waals surface area contributed by atoms with E-state index < -0.39 is 0 Å². The van der Waals surface area contributed by atoms with Gasteiger partial charge in [0.25, 0.3) is 0 Å². The summed E-state index contributed by atoms with van der Waals surface area (Å²) in [5.74, 6) is 1.53. The van der Waals surface area contributed by atoms with Gasteiger partial charge in [-0.15, -0.1) is 0 Å². The summed E-state index contributed by atoms with van der Waals surface area (Å²) in [4.78, 5) is 2.33. The predicted octanol–water partition coefficient (Wildman–Crippen LogP) is 2.07. The lowest BCUT2D eigenvalue weighted by molar-refractivity contribution is 0.123. The SMILES string of the molecule is Cc1nn(C)c(Oc2ccccc2)c1CNC[C@@H](O)CN1CCCC1. The maximum Gasteiger partial charge on any atom is 0.222 e. The lowest BCUT2D eigenvalue weighted by atomic mass is 10.2. The van der Waals surface area contributed by atoms with E-state index >= 15 is 0 Å². The Hall–Kier alpha value is -1.89. The van der Waals surface area contributed by atoms with Gasteiger partial charge in [0.05, 0.1) is 17.4 Å². The summed E-state index contributed by atoms with van der Waals surface area (Å²) < 4.78 is 7.78. The number of benzene rings is 1. The number of ether oxygens (including phenoxy) is 1. The second-order valence-electron chi connectivity index (χ2n) is 6.70. The first-order valence-corrected chi connectivity index (χ1v) is 9.00. The van der Waals surface area contributed by atoms with Gasteiger partial charge in [0.15, 0.2) is 0 Å². The number of para-hydroxylation sites is 1. The van der Waals surface area contributed by atoms with Crippen molar-refractivity contribution in [1.82, 2.24) is 20.0 Å². The van der Waals surface area contributed by atoms with Crippen molar-refractivity contribution in [3.05, 3.63) is 41.6 Å². The third-order valence-electron chi connectivity index (χ3n) is 4.60. The number of aromatic nitrogens is 2. The molecule has 1 fully saturated rings. The van der Waals surface area contributed by atoms with Crippen molar-refractivity contribution >= 4 is 0 Å². The fourth-order valence-electron chi connectivity index (χ4n) is 3.30. The minimum atomic E-state index is -0.353. The molecular formula is C19H28N4O2. The van der Waals surface area contributed by atoms with Crippen LogP contribution >= 0.6 is 0 Å². The van der Waals surface area contributed by atoms with Gasteiger partial charge in [0.1, 0.15) is 5.75 Å². The average Bonchev–Trinajstić information content (AvgIpc) is 3.19. The number of aliphatic hydroxyl groups is 1. The van der Waals surface area contributed by atoms with Crippen LogP contribution in [0.1, 0.15) is 24.1 Å². The molecule has 0 aliphatic carbocycles. The quantitative estimate of drug-likeness (QED) is 0.768. The highest BCUT2D eigenvalue weighted by Gasteiger charge is 2.18. The minimum absolute atomic E-state index is 0.353. The molecule has 1 aliphatic heterocycles. The molecule has 0 bridgehead atoms. The zero-order chi connectivity index (χ0) is 17.6. The van der Waals surface area contributed by atoms with Crippen LogP contribution in [0.15, 0.2) is 30.3 Å². The van der Waals surface area contributed by atoms with Gasteiger partial charge in [-0.3, -0.25) is 0 Å². The summed E-state index contributed by atoms with van der Waals surface area (Å²) in [6, 6.07) is 9.72. The Bertz CT molecular complexity index is 666. The van der Waals surface area contributed by atoms with Gasteiger partial charge in [-0.25, -0.2) is 4.68 Å².